The molecular formula is C18H12ClNO4S. The highest BCUT2D eigenvalue weighted by atomic mass is 35.5. The number of thioether (sulfide) groups is 1. The first-order chi connectivity index (χ1) is 12.0. The summed E-state index contributed by atoms with van der Waals surface area (Å²) in [6, 6.07) is 14.0. The molecule has 2 amide bonds. The van der Waals surface area contributed by atoms with Crippen molar-refractivity contribution in [3.63, 3.8) is 0 Å². The van der Waals surface area contributed by atoms with Crippen molar-refractivity contribution in [1.29, 1.82) is 0 Å². The van der Waals surface area contributed by atoms with Gasteiger partial charge in [-0.25, -0.2) is 0 Å². The molecule has 3 rings (SSSR count). The molecular weight excluding hydrogens is 362 g/mol. The molecule has 2 aromatic carbocycles. The van der Waals surface area contributed by atoms with E-state index in [1.165, 1.54) is 12.1 Å². The van der Waals surface area contributed by atoms with Crippen LogP contribution in [0.1, 0.15) is 11.1 Å². The van der Waals surface area contributed by atoms with Crippen molar-refractivity contribution in [1.82, 2.24) is 5.32 Å². The molecule has 0 atom stereocenters. The van der Waals surface area contributed by atoms with Crippen LogP contribution in [0.2, 0.25) is 5.02 Å². The number of imide groups is 1. The van der Waals surface area contributed by atoms with E-state index in [-0.39, 0.29) is 11.3 Å². The van der Waals surface area contributed by atoms with E-state index >= 15 is 0 Å². The Bertz CT molecular complexity index is 880. The van der Waals surface area contributed by atoms with E-state index in [2.05, 4.69) is 5.32 Å². The molecule has 1 aliphatic heterocycles. The smallest absolute Gasteiger partial charge is 0.315 e. The summed E-state index contributed by atoms with van der Waals surface area (Å²) in [4.78, 5) is 34.9. The molecule has 126 valence electrons. The molecule has 1 heterocycles. The molecule has 7 heteroatoms. The van der Waals surface area contributed by atoms with Crippen LogP contribution in [-0.2, 0) is 16.0 Å². The van der Waals surface area contributed by atoms with E-state index in [1.54, 1.807) is 12.1 Å². The first-order valence-corrected chi connectivity index (χ1v) is 8.50. The van der Waals surface area contributed by atoms with Crippen LogP contribution in [0.25, 0.3) is 6.08 Å². The van der Waals surface area contributed by atoms with E-state index in [9.17, 15) is 14.4 Å². The molecule has 0 saturated carbocycles. The Labute approximate surface area is 153 Å². The minimum atomic E-state index is -0.454. The van der Waals surface area contributed by atoms with Gasteiger partial charge in [-0.1, -0.05) is 41.9 Å². The predicted molar refractivity (Wildman–Crippen MR) is 96.3 cm³/mol. The van der Waals surface area contributed by atoms with Crippen molar-refractivity contribution in [3.05, 3.63) is 69.6 Å². The third-order valence-corrected chi connectivity index (χ3v) is 4.46. The van der Waals surface area contributed by atoms with Gasteiger partial charge in [0.2, 0.25) is 0 Å². The van der Waals surface area contributed by atoms with Crippen molar-refractivity contribution in [2.45, 2.75) is 6.42 Å². The summed E-state index contributed by atoms with van der Waals surface area (Å²) in [7, 11) is 0. The second kappa shape index (κ2) is 7.55. The Morgan fingerprint density at radius 1 is 1.16 bits per heavy atom. The maximum Gasteiger partial charge on any atom is 0.315 e. The molecule has 1 saturated heterocycles. The second-order valence-corrected chi connectivity index (χ2v) is 6.59. The summed E-state index contributed by atoms with van der Waals surface area (Å²) in [5.74, 6) is -0.540. The molecule has 0 aromatic heterocycles. The number of nitrogens with one attached hydrogen (secondary N) is 1. The van der Waals surface area contributed by atoms with E-state index in [0.29, 0.717) is 16.3 Å². The third kappa shape index (κ3) is 4.49. The Morgan fingerprint density at radius 3 is 2.56 bits per heavy atom. The largest absolute Gasteiger partial charge is 0.426 e. The predicted octanol–water partition coefficient (Wildman–Crippen LogP) is 3.81. The Balaban J connectivity index is 1.70. The minimum absolute atomic E-state index is 0.156. The Kier molecular flexibility index (Phi) is 5.21. The van der Waals surface area contributed by atoms with Crippen LogP contribution in [0, 0.1) is 0 Å². The van der Waals surface area contributed by atoms with Gasteiger partial charge in [0.05, 0.1) is 16.3 Å². The van der Waals surface area contributed by atoms with Crippen molar-refractivity contribution >= 4 is 46.6 Å². The highest BCUT2D eigenvalue weighted by Gasteiger charge is 2.25. The van der Waals surface area contributed by atoms with Gasteiger partial charge in [0.25, 0.3) is 11.1 Å². The minimum Gasteiger partial charge on any atom is -0.426 e. The fourth-order valence-electron chi connectivity index (χ4n) is 2.18. The average molecular weight is 374 g/mol. The molecule has 5 nitrogen and oxygen atoms in total. The number of carbonyl (C=O) groups excluding carboxylic acids is 3. The molecule has 1 aliphatic rings. The molecule has 0 radical (unpaired) electrons. The number of esters is 1. The van der Waals surface area contributed by atoms with Crippen molar-refractivity contribution < 1.29 is 19.1 Å². The first kappa shape index (κ1) is 17.3. The topological polar surface area (TPSA) is 72.5 Å². The van der Waals surface area contributed by atoms with Gasteiger partial charge in [-0.3, -0.25) is 19.7 Å². The molecule has 0 aliphatic carbocycles. The second-order valence-electron chi connectivity index (χ2n) is 5.17. The van der Waals surface area contributed by atoms with Crippen LogP contribution >= 0.6 is 23.4 Å². The lowest BCUT2D eigenvalue weighted by molar-refractivity contribution is -0.133. The zero-order chi connectivity index (χ0) is 17.8. The lowest BCUT2D eigenvalue weighted by Crippen LogP contribution is -2.17. The lowest BCUT2D eigenvalue weighted by atomic mass is 10.1. The third-order valence-electron chi connectivity index (χ3n) is 3.32. The van der Waals surface area contributed by atoms with Gasteiger partial charge in [-0.2, -0.15) is 0 Å². The van der Waals surface area contributed by atoms with Crippen LogP contribution in [0.3, 0.4) is 0 Å². The average Bonchev–Trinajstić information content (AvgIpc) is 2.88. The Hall–Kier alpha value is -2.57. The molecule has 1 fully saturated rings. The maximum atomic E-state index is 12.0. The first-order valence-electron chi connectivity index (χ1n) is 7.30. The standard InChI is InChI=1S/C18H12ClNO4S/c19-14-10-13(24-16(21)8-11-4-2-1-3-5-11)7-6-12(14)9-15-17(22)20-18(23)25-15/h1-7,9-10H,8H2,(H,20,22,23)/b15-9-. The quantitative estimate of drug-likeness (QED) is 0.501. The normalized spacial score (nSPS) is 15.3. The summed E-state index contributed by atoms with van der Waals surface area (Å²) in [5.41, 5.74) is 1.41. The highest BCUT2D eigenvalue weighted by molar-refractivity contribution is 8.18. The van der Waals surface area contributed by atoms with Crippen molar-refractivity contribution in [2.75, 3.05) is 0 Å². The number of hydrogen-bond acceptors (Lipinski definition) is 5. The fourth-order valence-corrected chi connectivity index (χ4v) is 3.08. The van der Waals surface area contributed by atoms with Gasteiger partial charge in [0.15, 0.2) is 0 Å². The highest BCUT2D eigenvalue weighted by Crippen LogP contribution is 2.30. The maximum absolute atomic E-state index is 12.0. The van der Waals surface area contributed by atoms with Crippen LogP contribution < -0.4 is 10.1 Å². The number of carbonyl (C=O) groups is 3. The van der Waals surface area contributed by atoms with Crippen LogP contribution in [0.15, 0.2) is 53.4 Å². The fraction of sp³-hybridized carbons (Fsp3) is 0.0556. The number of halogens is 1. The lowest BCUT2D eigenvalue weighted by Gasteiger charge is -2.06. The Morgan fingerprint density at radius 2 is 1.92 bits per heavy atom. The van der Waals surface area contributed by atoms with E-state index < -0.39 is 17.1 Å². The van der Waals surface area contributed by atoms with Gasteiger partial charge in [-0.05, 0) is 41.1 Å². The summed E-state index contributed by atoms with van der Waals surface area (Å²) >= 11 is 6.98. The van der Waals surface area contributed by atoms with Crippen molar-refractivity contribution in [3.8, 4) is 5.75 Å². The van der Waals surface area contributed by atoms with Gasteiger partial charge in [0.1, 0.15) is 5.75 Å². The number of hydrogen-bond donors (Lipinski definition) is 1. The van der Waals surface area contributed by atoms with Gasteiger partial charge in [-0.15, -0.1) is 0 Å². The SMILES string of the molecule is O=C(Cc1ccccc1)Oc1ccc(/C=C2\SC(=O)NC2=O)c(Cl)c1. The number of amides is 2. The van der Waals surface area contributed by atoms with E-state index in [4.69, 9.17) is 16.3 Å². The van der Waals surface area contributed by atoms with E-state index in [1.807, 2.05) is 30.3 Å². The summed E-state index contributed by atoms with van der Waals surface area (Å²) in [6.45, 7) is 0. The summed E-state index contributed by atoms with van der Waals surface area (Å²) in [6.07, 6.45) is 1.67. The number of ether oxygens (including phenoxy) is 1. The summed E-state index contributed by atoms with van der Waals surface area (Å²) in [5, 5.41) is 2.06. The molecule has 0 unspecified atom stereocenters. The van der Waals surface area contributed by atoms with Crippen LogP contribution in [0.5, 0.6) is 5.75 Å². The van der Waals surface area contributed by atoms with Crippen LogP contribution in [-0.4, -0.2) is 17.1 Å². The van der Waals surface area contributed by atoms with Crippen molar-refractivity contribution in [2.24, 2.45) is 0 Å². The zero-order valence-electron chi connectivity index (χ0n) is 12.8. The zero-order valence-corrected chi connectivity index (χ0v) is 14.4. The molecule has 1 N–H and O–H groups in total. The van der Waals surface area contributed by atoms with Crippen LogP contribution in [0.4, 0.5) is 4.79 Å². The van der Waals surface area contributed by atoms with Gasteiger partial charge in [0, 0.05) is 6.07 Å². The molecule has 2 aromatic rings. The summed E-state index contributed by atoms with van der Waals surface area (Å²) < 4.78 is 5.28. The molecule has 25 heavy (non-hydrogen) atoms. The number of rotatable bonds is 4. The molecule has 0 spiro atoms. The molecule has 0 bridgehead atoms. The van der Waals surface area contributed by atoms with Gasteiger partial charge < -0.3 is 4.74 Å². The number of benzene rings is 2. The van der Waals surface area contributed by atoms with Gasteiger partial charge >= 0.3 is 5.97 Å². The van der Waals surface area contributed by atoms with E-state index in [0.717, 1.165) is 17.3 Å². The monoisotopic (exact) mass is 373 g/mol.